The Kier molecular flexibility index (Phi) is 3.10. The van der Waals surface area contributed by atoms with Gasteiger partial charge in [0, 0.05) is 10.9 Å². The standard InChI is InChI=1S/C16H14O3S/c1-9-4-5-12-11(6-9)7-13(19-12)14-10(2)8-20-15(14)16(17)18-3/h4-8H,1-3H3. The highest BCUT2D eigenvalue weighted by molar-refractivity contribution is 7.12. The van der Waals surface area contributed by atoms with Crippen LogP contribution in [0.5, 0.6) is 0 Å². The maximum Gasteiger partial charge on any atom is 0.348 e. The molecule has 0 N–H and O–H groups in total. The molecule has 0 atom stereocenters. The first kappa shape index (κ1) is 12.9. The summed E-state index contributed by atoms with van der Waals surface area (Å²) in [6.07, 6.45) is 0. The average molecular weight is 286 g/mol. The molecule has 3 rings (SSSR count). The van der Waals surface area contributed by atoms with Crippen LogP contribution in [0.1, 0.15) is 20.8 Å². The van der Waals surface area contributed by atoms with Gasteiger partial charge in [0.2, 0.25) is 0 Å². The van der Waals surface area contributed by atoms with Gasteiger partial charge in [0.15, 0.2) is 0 Å². The van der Waals surface area contributed by atoms with Crippen LogP contribution >= 0.6 is 11.3 Å². The van der Waals surface area contributed by atoms with Crippen LogP contribution in [0.15, 0.2) is 34.1 Å². The molecule has 0 unspecified atom stereocenters. The van der Waals surface area contributed by atoms with Crippen LogP contribution in [0.25, 0.3) is 22.3 Å². The maximum atomic E-state index is 11.8. The van der Waals surface area contributed by atoms with Crippen molar-refractivity contribution >= 4 is 28.3 Å². The van der Waals surface area contributed by atoms with E-state index in [1.54, 1.807) is 0 Å². The summed E-state index contributed by atoms with van der Waals surface area (Å²) >= 11 is 1.38. The molecular weight excluding hydrogens is 272 g/mol. The number of ether oxygens (including phenoxy) is 1. The molecule has 0 aliphatic carbocycles. The quantitative estimate of drug-likeness (QED) is 0.648. The molecule has 0 radical (unpaired) electrons. The Hall–Kier alpha value is -2.07. The van der Waals surface area contributed by atoms with Crippen LogP contribution < -0.4 is 0 Å². The van der Waals surface area contributed by atoms with Crippen molar-refractivity contribution < 1.29 is 13.9 Å². The van der Waals surface area contributed by atoms with Crippen LogP contribution in [0.3, 0.4) is 0 Å². The van der Waals surface area contributed by atoms with E-state index in [1.807, 2.05) is 37.4 Å². The molecule has 20 heavy (non-hydrogen) atoms. The number of hydrogen-bond donors (Lipinski definition) is 0. The number of benzene rings is 1. The topological polar surface area (TPSA) is 39.4 Å². The van der Waals surface area contributed by atoms with E-state index < -0.39 is 0 Å². The molecule has 4 heteroatoms. The second-order valence-corrected chi connectivity index (χ2v) is 5.65. The van der Waals surface area contributed by atoms with Gasteiger partial charge in [-0.25, -0.2) is 4.79 Å². The third kappa shape index (κ3) is 2.02. The van der Waals surface area contributed by atoms with Gasteiger partial charge in [-0.1, -0.05) is 11.6 Å². The van der Waals surface area contributed by atoms with Crippen LogP contribution in [-0.4, -0.2) is 13.1 Å². The van der Waals surface area contributed by atoms with E-state index in [2.05, 4.69) is 6.07 Å². The molecule has 0 saturated heterocycles. The zero-order chi connectivity index (χ0) is 14.3. The number of furan rings is 1. The van der Waals surface area contributed by atoms with Gasteiger partial charge >= 0.3 is 5.97 Å². The Morgan fingerprint density at radius 2 is 2.05 bits per heavy atom. The summed E-state index contributed by atoms with van der Waals surface area (Å²) in [5, 5.41) is 2.99. The number of fused-ring (bicyclic) bond motifs is 1. The first-order valence-electron chi connectivity index (χ1n) is 6.27. The van der Waals surface area contributed by atoms with E-state index in [-0.39, 0.29) is 5.97 Å². The first-order chi connectivity index (χ1) is 9.60. The van der Waals surface area contributed by atoms with Gasteiger partial charge in [0.05, 0.1) is 7.11 Å². The summed E-state index contributed by atoms with van der Waals surface area (Å²) in [5.41, 5.74) is 3.86. The van der Waals surface area contributed by atoms with Crippen molar-refractivity contribution in [2.45, 2.75) is 13.8 Å². The number of carbonyl (C=O) groups excluding carboxylic acids is 1. The molecule has 0 aliphatic rings. The van der Waals surface area contributed by atoms with Crippen LogP contribution in [-0.2, 0) is 4.74 Å². The van der Waals surface area contributed by atoms with Crippen molar-refractivity contribution in [1.29, 1.82) is 0 Å². The number of hydrogen-bond acceptors (Lipinski definition) is 4. The highest BCUT2D eigenvalue weighted by Crippen LogP contribution is 2.36. The number of esters is 1. The van der Waals surface area contributed by atoms with Crippen molar-refractivity contribution in [2.75, 3.05) is 7.11 Å². The van der Waals surface area contributed by atoms with E-state index in [9.17, 15) is 4.79 Å². The van der Waals surface area contributed by atoms with Crippen LogP contribution in [0.2, 0.25) is 0 Å². The van der Waals surface area contributed by atoms with Crippen molar-refractivity contribution in [2.24, 2.45) is 0 Å². The normalized spacial score (nSPS) is 10.9. The van der Waals surface area contributed by atoms with E-state index in [0.717, 1.165) is 22.1 Å². The van der Waals surface area contributed by atoms with Gasteiger partial charge in [0.1, 0.15) is 16.2 Å². The molecule has 0 bridgehead atoms. The summed E-state index contributed by atoms with van der Waals surface area (Å²) in [5.74, 6) is 0.388. The fraction of sp³-hybridized carbons (Fsp3) is 0.188. The van der Waals surface area contributed by atoms with Gasteiger partial charge in [0.25, 0.3) is 0 Å². The lowest BCUT2D eigenvalue weighted by Gasteiger charge is -2.00. The lowest BCUT2D eigenvalue weighted by Crippen LogP contribution is -1.99. The largest absolute Gasteiger partial charge is 0.465 e. The molecule has 1 aromatic carbocycles. The molecule has 2 aromatic heterocycles. The van der Waals surface area contributed by atoms with E-state index in [0.29, 0.717) is 10.6 Å². The highest BCUT2D eigenvalue weighted by Gasteiger charge is 2.20. The Morgan fingerprint density at radius 3 is 2.80 bits per heavy atom. The Morgan fingerprint density at radius 1 is 1.25 bits per heavy atom. The molecule has 2 heterocycles. The van der Waals surface area contributed by atoms with Gasteiger partial charge < -0.3 is 9.15 Å². The number of rotatable bonds is 2. The van der Waals surface area contributed by atoms with E-state index >= 15 is 0 Å². The fourth-order valence-corrected chi connectivity index (χ4v) is 3.25. The third-order valence-corrected chi connectivity index (χ3v) is 4.34. The molecule has 0 saturated carbocycles. The van der Waals surface area contributed by atoms with Crippen LogP contribution in [0.4, 0.5) is 0 Å². The minimum atomic E-state index is -0.324. The van der Waals surface area contributed by atoms with Gasteiger partial charge in [-0.2, -0.15) is 0 Å². The Labute approximate surface area is 120 Å². The molecule has 3 nitrogen and oxygen atoms in total. The van der Waals surface area contributed by atoms with E-state index in [4.69, 9.17) is 9.15 Å². The van der Waals surface area contributed by atoms with Crippen molar-refractivity contribution in [3.8, 4) is 11.3 Å². The summed E-state index contributed by atoms with van der Waals surface area (Å²) in [4.78, 5) is 12.4. The predicted octanol–water partition coefficient (Wildman–Crippen LogP) is 4.56. The summed E-state index contributed by atoms with van der Waals surface area (Å²) < 4.78 is 10.7. The summed E-state index contributed by atoms with van der Waals surface area (Å²) in [6, 6.07) is 8.01. The SMILES string of the molecule is COC(=O)c1scc(C)c1-c1cc2cc(C)ccc2o1. The third-order valence-electron chi connectivity index (χ3n) is 3.26. The number of aryl methyl sites for hydroxylation is 2. The summed E-state index contributed by atoms with van der Waals surface area (Å²) in [6.45, 7) is 4.01. The van der Waals surface area contributed by atoms with Gasteiger partial charge in [-0.15, -0.1) is 11.3 Å². The molecule has 102 valence electrons. The highest BCUT2D eigenvalue weighted by atomic mass is 32.1. The smallest absolute Gasteiger partial charge is 0.348 e. The Bertz CT molecular complexity index is 795. The summed E-state index contributed by atoms with van der Waals surface area (Å²) in [7, 11) is 1.39. The van der Waals surface area contributed by atoms with Crippen LogP contribution in [0, 0.1) is 13.8 Å². The first-order valence-corrected chi connectivity index (χ1v) is 7.15. The maximum absolute atomic E-state index is 11.8. The minimum Gasteiger partial charge on any atom is -0.465 e. The van der Waals surface area contributed by atoms with Crippen molar-refractivity contribution in [3.63, 3.8) is 0 Å². The molecule has 0 spiro atoms. The average Bonchev–Trinajstić information content (AvgIpc) is 3.00. The minimum absolute atomic E-state index is 0.324. The van der Waals surface area contributed by atoms with Gasteiger partial charge in [-0.05, 0) is 43.0 Å². The fourth-order valence-electron chi connectivity index (χ4n) is 2.28. The lowest BCUT2D eigenvalue weighted by atomic mass is 10.1. The molecular formula is C16H14O3S. The zero-order valence-corrected chi connectivity index (χ0v) is 12.3. The predicted molar refractivity (Wildman–Crippen MR) is 80.3 cm³/mol. The molecule has 0 aliphatic heterocycles. The van der Waals surface area contributed by atoms with Crippen molar-refractivity contribution in [3.05, 3.63) is 45.6 Å². The van der Waals surface area contributed by atoms with E-state index in [1.165, 1.54) is 24.0 Å². The second kappa shape index (κ2) is 4.80. The number of methoxy groups -OCH3 is 1. The molecule has 3 aromatic rings. The number of thiophene rings is 1. The van der Waals surface area contributed by atoms with Gasteiger partial charge in [-0.3, -0.25) is 0 Å². The van der Waals surface area contributed by atoms with Crippen molar-refractivity contribution in [1.82, 2.24) is 0 Å². The Balaban J connectivity index is 2.20. The zero-order valence-electron chi connectivity index (χ0n) is 11.5. The second-order valence-electron chi connectivity index (χ2n) is 4.77. The molecule has 0 fully saturated rings. The number of carbonyl (C=O) groups is 1. The monoisotopic (exact) mass is 286 g/mol. The molecule has 0 amide bonds. The lowest BCUT2D eigenvalue weighted by molar-refractivity contribution is 0.0607.